The van der Waals surface area contributed by atoms with E-state index in [0.29, 0.717) is 34.5 Å². The number of azo groups is 2. The number of nitrogens with zero attached hydrogens (tertiary/aromatic N) is 4. The number of nitrogen functional groups attached to an aromatic ring is 1. The fourth-order valence-corrected chi connectivity index (χ4v) is 11.7. The molecule has 278 valence electrons. The number of anilines is 1. The van der Waals surface area contributed by atoms with E-state index in [1.807, 2.05) is 34.8 Å². The molecule has 1 aliphatic heterocycles. The Labute approximate surface area is 325 Å². The van der Waals surface area contributed by atoms with Crippen molar-refractivity contribution >= 4 is 114 Å². The molecule has 0 unspecified atom stereocenters. The molecule has 0 aromatic heterocycles. The maximum absolute atomic E-state index is 12.6. The van der Waals surface area contributed by atoms with Crippen LogP contribution in [0.25, 0.3) is 21.5 Å². The van der Waals surface area contributed by atoms with E-state index < -0.39 is 102 Å². The minimum Gasteiger partial charge on any atom is -0.0581 e. The Morgan fingerprint density at radius 1 is 0.759 bits per heavy atom. The third kappa shape index (κ3) is 8.39. The van der Waals surface area contributed by atoms with Crippen molar-refractivity contribution in [2.45, 2.75) is 46.3 Å². The molecule has 16 nitrogen and oxygen atoms in total. The molecule has 0 fully saturated rings. The average Bonchev–Trinajstić information content (AvgIpc) is 3.10. The van der Waals surface area contributed by atoms with Crippen LogP contribution in [0, 0.1) is 13.8 Å². The van der Waals surface area contributed by atoms with Crippen molar-refractivity contribution in [3.63, 3.8) is 0 Å². The summed E-state index contributed by atoms with van der Waals surface area (Å²) in [6.45, 7) is 3.50. The van der Waals surface area contributed by atoms with Gasteiger partial charge in [0.05, 0.1) is 16.9 Å². The second kappa shape index (κ2) is 15.2. The summed E-state index contributed by atoms with van der Waals surface area (Å²) < 4.78 is 115. The predicted molar refractivity (Wildman–Crippen MR) is 204 cm³/mol. The monoisotopic (exact) mass is 1000 g/mol. The van der Waals surface area contributed by atoms with E-state index in [4.69, 9.17) is 9.92 Å². The number of allylic oxidation sites excluding steroid dienone is 1. The minimum atomic E-state index is -5.16. The second-order valence-corrected chi connectivity index (χ2v) is 21.6. The number of hydrogen-bond acceptors (Lipinski definition) is 14. The number of phenolic OH excluding ortho intramolecular Hbond substituents is 1. The van der Waals surface area contributed by atoms with Crippen LogP contribution in [0.1, 0.15) is 24.0 Å². The summed E-state index contributed by atoms with van der Waals surface area (Å²) >= 11 is -0.326. The van der Waals surface area contributed by atoms with Gasteiger partial charge >= 0.3 is 188 Å². The van der Waals surface area contributed by atoms with Gasteiger partial charge in [-0.2, -0.15) is 8.42 Å². The van der Waals surface area contributed by atoms with Crippen molar-refractivity contribution < 1.29 is 48.2 Å². The van der Waals surface area contributed by atoms with E-state index in [2.05, 4.69) is 24.0 Å². The third-order valence-electron chi connectivity index (χ3n) is 8.27. The zero-order valence-electron chi connectivity index (χ0n) is 28.1. The molecule has 54 heavy (non-hydrogen) atoms. The fourth-order valence-electron chi connectivity index (χ4n) is 5.52. The molecule has 0 spiro atoms. The van der Waals surface area contributed by atoms with Crippen molar-refractivity contribution in [1.29, 1.82) is 0 Å². The molecule has 0 amide bonds. The standard InChI is InChI=1S/C33H28N5O11S4.Tl/c1-5-6-18(3)35-38-32-29(53(46,47)48)15-24-28(52(43,44)45)16-26(31(34)30(24)33(32)39)37-36-25-12-11-22-23(19(25)4)13-21(51(40,41)42)14-27(22)49-50-20-9-7-17(2)8-10-20;/h1,3,7-16,39H,5-6,34H2,2,4H3,(H,40,41,42)(H,43,44,45)(H,46,47,48);. The topological polar surface area (TPSA) is 268 Å². The molecule has 0 bridgehead atoms. The number of rotatable bonds is 10. The quantitative estimate of drug-likeness (QED) is 0.0301. The van der Waals surface area contributed by atoms with Gasteiger partial charge in [0.1, 0.15) is 5.75 Å². The van der Waals surface area contributed by atoms with Crippen molar-refractivity contribution in [3.05, 3.63) is 81.1 Å². The zero-order chi connectivity index (χ0) is 39.2. The van der Waals surface area contributed by atoms with E-state index in [1.165, 1.54) is 18.2 Å². The Morgan fingerprint density at radius 3 is 2.07 bits per heavy atom. The number of phenols is 1. The molecule has 1 aliphatic rings. The summed E-state index contributed by atoms with van der Waals surface area (Å²) in [6, 6.07) is 14.3. The molecule has 5 aromatic rings. The number of hydrogen-bond donors (Lipinski definition) is 5. The summed E-state index contributed by atoms with van der Waals surface area (Å²) in [5.74, 6) is -0.854. The van der Waals surface area contributed by atoms with Gasteiger partial charge in [-0.1, -0.05) is 17.7 Å². The maximum Gasteiger partial charge on any atom is 0.0259 e. The van der Waals surface area contributed by atoms with E-state index >= 15 is 0 Å². The van der Waals surface area contributed by atoms with Crippen LogP contribution in [0.4, 0.5) is 22.7 Å². The number of fused-ring (bicyclic) bond motifs is 2. The smallest absolute Gasteiger partial charge is 0.0259 e. The van der Waals surface area contributed by atoms with Crippen LogP contribution < -0.4 is 9.92 Å². The Kier molecular flexibility index (Phi) is 11.1. The molecule has 6 N–H and O–H groups in total. The van der Waals surface area contributed by atoms with Gasteiger partial charge in [0, 0.05) is 16.3 Å². The van der Waals surface area contributed by atoms with Gasteiger partial charge in [0.2, 0.25) is 0 Å². The van der Waals surface area contributed by atoms with Crippen LogP contribution in [0.15, 0.2) is 110 Å². The van der Waals surface area contributed by atoms with Crippen LogP contribution in [0.3, 0.4) is 0 Å². The van der Waals surface area contributed by atoms with Gasteiger partial charge < -0.3 is 4.18 Å². The molecule has 21 heteroatoms. The number of benzene rings is 5. The number of aryl methyl sites for hydroxylation is 2. The molecule has 5 aromatic carbocycles. The fraction of sp³-hybridized carbons (Fsp3) is 0.121. The molecule has 0 saturated heterocycles. The Balaban J connectivity index is 1.50. The van der Waals surface area contributed by atoms with Gasteiger partial charge in [0.25, 0.3) is 10.1 Å². The summed E-state index contributed by atoms with van der Waals surface area (Å²) in [5.41, 5.74) is 6.91. The normalized spacial score (nSPS) is 13.9. The van der Waals surface area contributed by atoms with E-state index in [-0.39, 0.29) is 11.4 Å². The largest absolute Gasteiger partial charge is 0.0581 e. The first-order chi connectivity index (χ1) is 25.3. The zero-order valence-corrected chi connectivity index (χ0v) is 35.8. The molecule has 0 saturated carbocycles. The van der Waals surface area contributed by atoms with Crippen molar-refractivity contribution in [2.24, 2.45) is 20.5 Å². The Bertz CT molecular complexity index is 2840. The summed E-state index contributed by atoms with van der Waals surface area (Å²) in [6.07, 6.45) is 1.27. The molecule has 0 atom stereocenters. The van der Waals surface area contributed by atoms with Crippen LogP contribution in [-0.2, 0) is 30.4 Å². The van der Waals surface area contributed by atoms with Gasteiger partial charge in [-0.05, 0) is 55.1 Å². The van der Waals surface area contributed by atoms with Crippen LogP contribution in [0.5, 0.6) is 11.5 Å². The first kappa shape index (κ1) is 39.5. The van der Waals surface area contributed by atoms with Crippen molar-refractivity contribution in [1.82, 2.24) is 0 Å². The third-order valence-corrected chi connectivity index (χ3v) is 16.2. The van der Waals surface area contributed by atoms with Crippen LogP contribution >= 0.6 is 12.0 Å². The van der Waals surface area contributed by atoms with Gasteiger partial charge in [-0.3, -0.25) is 4.55 Å². The maximum atomic E-state index is 12.6. The molecular weight excluding hydrogens is 975 g/mol. The Morgan fingerprint density at radius 2 is 1.44 bits per heavy atom. The minimum absolute atomic E-state index is 0.114. The van der Waals surface area contributed by atoms with E-state index in [1.54, 1.807) is 13.0 Å². The molecule has 0 aliphatic carbocycles. The average molecular weight is 1000 g/mol. The Hall–Kier alpha value is -4.17. The van der Waals surface area contributed by atoms with Crippen molar-refractivity contribution in [3.8, 4) is 11.5 Å². The van der Waals surface area contributed by atoms with Crippen LogP contribution in [-0.4, -0.2) is 71.3 Å². The summed E-state index contributed by atoms with van der Waals surface area (Å²) in [7, 11) is -15.0. The molecule has 1 heterocycles. The molecule has 6 rings (SSSR count). The van der Waals surface area contributed by atoms with E-state index in [0.717, 1.165) is 35.0 Å². The summed E-state index contributed by atoms with van der Waals surface area (Å²) in [5, 5.41) is 27.3. The van der Waals surface area contributed by atoms with Crippen LogP contribution in [0.2, 0.25) is 0 Å². The van der Waals surface area contributed by atoms with Gasteiger partial charge in [0.15, 0.2) is 0 Å². The molecule has 0 radical (unpaired) electrons. The summed E-state index contributed by atoms with van der Waals surface area (Å²) in [4.78, 5) is -1.65. The van der Waals surface area contributed by atoms with Crippen molar-refractivity contribution in [2.75, 3.05) is 5.73 Å². The second-order valence-electron chi connectivity index (χ2n) is 12.0. The number of nitrogens with two attached hydrogens (primary N) is 1. The van der Waals surface area contributed by atoms with E-state index in [9.17, 15) is 44.0 Å². The number of aromatic hydroxyl groups is 1. The van der Waals surface area contributed by atoms with Gasteiger partial charge in [-0.25, -0.2) is 0 Å². The predicted octanol–water partition coefficient (Wildman–Crippen LogP) is 7.36. The molecular formula is C33H28N5O11S4Tl. The van der Waals surface area contributed by atoms with Gasteiger partial charge in [-0.15, -0.1) is 0 Å². The first-order valence-electron chi connectivity index (χ1n) is 15.6. The first-order valence-corrected chi connectivity index (χ1v) is 25.8. The SMILES string of the molecule is Cc1ccc(SOc2cc(S(=O)(=O)O)cc3c(C)c(N=Nc4cc(S(=O)(=O)O)c5cc(S(=O)(=O)O)c(N=NC6=[CH][Tl]=[CH]CC6)c(O)c5c4N)ccc23)cc1.